The molecule has 0 atom stereocenters. The molecule has 0 N–H and O–H groups in total. The molecule has 0 saturated carbocycles. The molecule has 0 spiro atoms. The van der Waals surface area contributed by atoms with E-state index in [2.05, 4.69) is 26.8 Å². The van der Waals surface area contributed by atoms with E-state index in [1.54, 1.807) is 12.1 Å². The van der Waals surface area contributed by atoms with Crippen LogP contribution in [0.1, 0.15) is 49.7 Å². The molecule has 0 radical (unpaired) electrons. The first-order valence-corrected chi connectivity index (χ1v) is 11.0. The van der Waals surface area contributed by atoms with E-state index < -0.39 is 5.82 Å². The fourth-order valence-corrected chi connectivity index (χ4v) is 4.23. The first-order chi connectivity index (χ1) is 15.5. The number of aryl methyl sites for hydroxylation is 1. The Hall–Kier alpha value is -3.29. The zero-order chi connectivity index (χ0) is 22.7. The zero-order valence-electron chi connectivity index (χ0n) is 18.7. The van der Waals surface area contributed by atoms with Crippen LogP contribution in [0.5, 0.6) is 0 Å². The second-order valence-corrected chi connectivity index (χ2v) is 8.30. The minimum absolute atomic E-state index is 0.000286. The summed E-state index contributed by atoms with van der Waals surface area (Å²) >= 11 is 0. The van der Waals surface area contributed by atoms with Gasteiger partial charge in [-0.25, -0.2) is 14.4 Å². The maximum Gasteiger partial charge on any atom is 0.254 e. The SMILES string of the molecule is CCc1cnc(N2CCC(N(C(=O)c3ccc(-c4cnco4)c(F)c3)C(C)C)CC2)cn1. The lowest BCUT2D eigenvalue weighted by atomic mass is 9.99. The van der Waals surface area contributed by atoms with Crippen LogP contribution >= 0.6 is 0 Å². The number of carbonyl (C=O) groups excluding carboxylic acids is 1. The number of carbonyl (C=O) groups is 1. The summed E-state index contributed by atoms with van der Waals surface area (Å²) in [6.07, 6.45) is 8.85. The quantitative estimate of drug-likeness (QED) is 0.571. The summed E-state index contributed by atoms with van der Waals surface area (Å²) in [7, 11) is 0. The molecule has 32 heavy (non-hydrogen) atoms. The van der Waals surface area contributed by atoms with Gasteiger partial charge in [-0.1, -0.05) is 6.92 Å². The highest BCUT2D eigenvalue weighted by Gasteiger charge is 2.31. The number of hydrogen-bond donors (Lipinski definition) is 0. The number of nitrogens with zero attached hydrogens (tertiary/aromatic N) is 5. The summed E-state index contributed by atoms with van der Waals surface area (Å²) in [5.41, 5.74) is 1.60. The first-order valence-electron chi connectivity index (χ1n) is 11.0. The van der Waals surface area contributed by atoms with Gasteiger partial charge in [0.15, 0.2) is 12.2 Å². The van der Waals surface area contributed by atoms with Crippen LogP contribution in [0.4, 0.5) is 10.2 Å². The van der Waals surface area contributed by atoms with E-state index in [1.807, 2.05) is 31.1 Å². The Labute approximate surface area is 187 Å². The molecule has 1 aliphatic heterocycles. The summed E-state index contributed by atoms with van der Waals surface area (Å²) in [4.78, 5) is 30.2. The van der Waals surface area contributed by atoms with Gasteiger partial charge in [0.1, 0.15) is 11.6 Å². The maximum absolute atomic E-state index is 14.7. The Balaban J connectivity index is 1.46. The van der Waals surface area contributed by atoms with Crippen LogP contribution in [-0.4, -0.2) is 50.9 Å². The van der Waals surface area contributed by atoms with Crippen LogP contribution in [0.15, 0.2) is 47.6 Å². The van der Waals surface area contributed by atoms with Gasteiger partial charge in [-0.3, -0.25) is 9.78 Å². The fourth-order valence-electron chi connectivity index (χ4n) is 4.23. The monoisotopic (exact) mass is 437 g/mol. The average molecular weight is 438 g/mol. The number of halogens is 1. The van der Waals surface area contributed by atoms with Crippen LogP contribution in [-0.2, 0) is 6.42 Å². The molecular weight excluding hydrogens is 409 g/mol. The Morgan fingerprint density at radius 1 is 1.22 bits per heavy atom. The molecular formula is C24H28FN5O2. The second kappa shape index (κ2) is 9.46. The summed E-state index contributed by atoms with van der Waals surface area (Å²) in [6, 6.07) is 4.59. The van der Waals surface area contributed by atoms with E-state index in [-0.39, 0.29) is 18.0 Å². The first kappa shape index (κ1) is 21.9. The highest BCUT2D eigenvalue weighted by Crippen LogP contribution is 2.27. The number of piperidine rings is 1. The highest BCUT2D eigenvalue weighted by atomic mass is 19.1. The van der Waals surface area contributed by atoms with Crippen molar-refractivity contribution in [2.75, 3.05) is 18.0 Å². The molecule has 1 aromatic carbocycles. The summed E-state index contributed by atoms with van der Waals surface area (Å²) < 4.78 is 19.9. The van der Waals surface area contributed by atoms with Crippen LogP contribution in [0.25, 0.3) is 11.3 Å². The van der Waals surface area contributed by atoms with E-state index >= 15 is 0 Å². The lowest BCUT2D eigenvalue weighted by molar-refractivity contribution is 0.0574. The van der Waals surface area contributed by atoms with Gasteiger partial charge >= 0.3 is 0 Å². The number of hydrogen-bond acceptors (Lipinski definition) is 6. The van der Waals surface area contributed by atoms with Crippen molar-refractivity contribution in [3.63, 3.8) is 0 Å². The predicted molar refractivity (Wildman–Crippen MR) is 120 cm³/mol. The molecule has 1 aliphatic rings. The van der Waals surface area contributed by atoms with Crippen molar-refractivity contribution in [1.82, 2.24) is 19.9 Å². The lowest BCUT2D eigenvalue weighted by Gasteiger charge is -2.41. The van der Waals surface area contributed by atoms with E-state index in [9.17, 15) is 9.18 Å². The van der Waals surface area contributed by atoms with E-state index in [1.165, 1.54) is 18.7 Å². The second-order valence-electron chi connectivity index (χ2n) is 8.30. The molecule has 3 heterocycles. The Morgan fingerprint density at radius 2 is 2.00 bits per heavy atom. The van der Waals surface area contributed by atoms with Crippen LogP contribution in [0.3, 0.4) is 0 Å². The molecule has 1 saturated heterocycles. The molecule has 1 amide bonds. The lowest BCUT2D eigenvalue weighted by Crippen LogP contribution is -2.50. The number of anilines is 1. The molecule has 4 rings (SSSR count). The van der Waals surface area contributed by atoms with E-state index in [0.29, 0.717) is 16.9 Å². The highest BCUT2D eigenvalue weighted by molar-refractivity contribution is 5.95. The van der Waals surface area contributed by atoms with Crippen molar-refractivity contribution >= 4 is 11.7 Å². The molecule has 8 heteroatoms. The van der Waals surface area contributed by atoms with Gasteiger partial charge in [0, 0.05) is 30.7 Å². The van der Waals surface area contributed by atoms with Gasteiger partial charge in [0.2, 0.25) is 0 Å². The minimum atomic E-state index is -0.500. The van der Waals surface area contributed by atoms with Crippen LogP contribution in [0, 0.1) is 5.82 Å². The topological polar surface area (TPSA) is 75.4 Å². The Kier molecular flexibility index (Phi) is 6.48. The molecule has 168 valence electrons. The Morgan fingerprint density at radius 3 is 2.56 bits per heavy atom. The van der Waals surface area contributed by atoms with Gasteiger partial charge < -0.3 is 14.2 Å². The van der Waals surface area contributed by atoms with E-state index in [4.69, 9.17) is 4.42 Å². The van der Waals surface area contributed by atoms with Crippen molar-refractivity contribution < 1.29 is 13.6 Å². The zero-order valence-corrected chi connectivity index (χ0v) is 18.7. The molecule has 3 aromatic rings. The normalized spacial score (nSPS) is 14.7. The largest absolute Gasteiger partial charge is 0.443 e. The molecule has 7 nitrogen and oxygen atoms in total. The molecule has 2 aromatic heterocycles. The molecule has 0 bridgehead atoms. The van der Waals surface area contributed by atoms with Crippen molar-refractivity contribution in [1.29, 1.82) is 0 Å². The Bertz CT molecular complexity index is 1040. The number of amides is 1. The van der Waals surface area contributed by atoms with Crippen molar-refractivity contribution in [3.05, 3.63) is 60.3 Å². The summed E-state index contributed by atoms with van der Waals surface area (Å²) in [5.74, 6) is 0.548. The van der Waals surface area contributed by atoms with Gasteiger partial charge in [-0.2, -0.15) is 0 Å². The van der Waals surface area contributed by atoms with Crippen molar-refractivity contribution in [3.8, 4) is 11.3 Å². The summed E-state index contributed by atoms with van der Waals surface area (Å²) in [6.45, 7) is 7.64. The number of aromatic nitrogens is 3. The molecule has 0 aliphatic carbocycles. The third-order valence-electron chi connectivity index (χ3n) is 5.94. The van der Waals surface area contributed by atoms with Gasteiger partial charge in [0.25, 0.3) is 5.91 Å². The van der Waals surface area contributed by atoms with Gasteiger partial charge in [-0.05, 0) is 51.3 Å². The minimum Gasteiger partial charge on any atom is -0.443 e. The number of benzene rings is 1. The standard InChI is InChI=1S/C24H28FN5O2/c1-4-18-12-28-23(14-27-18)29-9-7-19(8-10-29)30(16(2)3)24(31)17-5-6-20(21(25)11-17)22-13-26-15-32-22/h5-6,11-16,19H,4,7-10H2,1-3H3. The maximum atomic E-state index is 14.7. The third-order valence-corrected chi connectivity index (χ3v) is 5.94. The van der Waals surface area contributed by atoms with Gasteiger partial charge in [-0.15, -0.1) is 0 Å². The van der Waals surface area contributed by atoms with Crippen molar-refractivity contribution in [2.45, 2.75) is 52.1 Å². The molecule has 1 fully saturated rings. The van der Waals surface area contributed by atoms with E-state index in [0.717, 1.165) is 43.9 Å². The molecule has 0 unspecified atom stereocenters. The average Bonchev–Trinajstić information content (AvgIpc) is 3.34. The number of oxazole rings is 1. The van der Waals surface area contributed by atoms with Gasteiger partial charge in [0.05, 0.1) is 29.8 Å². The van der Waals surface area contributed by atoms with Crippen LogP contribution < -0.4 is 4.90 Å². The smallest absolute Gasteiger partial charge is 0.254 e. The predicted octanol–water partition coefficient (Wildman–Crippen LogP) is 4.35. The van der Waals surface area contributed by atoms with Crippen molar-refractivity contribution in [2.24, 2.45) is 0 Å². The third kappa shape index (κ3) is 4.49. The summed E-state index contributed by atoms with van der Waals surface area (Å²) in [5, 5.41) is 0. The van der Waals surface area contributed by atoms with Crippen LogP contribution in [0.2, 0.25) is 0 Å². The number of rotatable bonds is 6. The fraction of sp³-hybridized carbons (Fsp3) is 0.417.